The van der Waals surface area contributed by atoms with Crippen LogP contribution in [0, 0.1) is 5.95 Å². The van der Waals surface area contributed by atoms with E-state index in [-0.39, 0.29) is 18.0 Å². The van der Waals surface area contributed by atoms with E-state index >= 15 is 0 Å². The number of carbonyl (C=O) groups excluding carboxylic acids is 2. The van der Waals surface area contributed by atoms with Crippen LogP contribution in [0.15, 0.2) is 12.3 Å². The van der Waals surface area contributed by atoms with Crippen molar-refractivity contribution in [2.24, 2.45) is 0 Å². The van der Waals surface area contributed by atoms with E-state index in [4.69, 9.17) is 0 Å². The summed E-state index contributed by atoms with van der Waals surface area (Å²) in [5, 5.41) is 5.52. The molecule has 2 N–H and O–H groups in total. The third-order valence-electron chi connectivity index (χ3n) is 2.62. The molecule has 2 amide bonds. The summed E-state index contributed by atoms with van der Waals surface area (Å²) in [4.78, 5) is 26.1. The summed E-state index contributed by atoms with van der Waals surface area (Å²) >= 11 is 3.25. The van der Waals surface area contributed by atoms with Gasteiger partial charge in [0.2, 0.25) is 17.8 Å². The average Bonchev–Trinajstić information content (AvgIpc) is 2.35. The molecule has 7 heteroatoms. The van der Waals surface area contributed by atoms with E-state index in [0.29, 0.717) is 11.8 Å². The molecule has 1 unspecified atom stereocenters. The van der Waals surface area contributed by atoms with Gasteiger partial charge in [-0.15, -0.1) is 0 Å². The Hall–Kier alpha value is -1.50. The van der Waals surface area contributed by atoms with Crippen molar-refractivity contribution in [2.75, 3.05) is 5.32 Å². The van der Waals surface area contributed by atoms with E-state index in [2.05, 4.69) is 31.5 Å². The normalized spacial score (nSPS) is 19.6. The summed E-state index contributed by atoms with van der Waals surface area (Å²) < 4.78 is 13.5. The number of rotatable bonds is 3. The SMILES string of the molecule is O=C1CCC(Nc2cc(CBr)cnc2F)C(=O)N1. The molecule has 1 fully saturated rings. The van der Waals surface area contributed by atoms with Crippen molar-refractivity contribution in [3.8, 4) is 0 Å². The first-order valence-electron chi connectivity index (χ1n) is 5.41. The van der Waals surface area contributed by atoms with Gasteiger partial charge in [-0.3, -0.25) is 14.9 Å². The van der Waals surface area contributed by atoms with Gasteiger partial charge in [0.05, 0.1) is 5.69 Å². The molecule has 0 aliphatic carbocycles. The van der Waals surface area contributed by atoms with Crippen molar-refractivity contribution in [2.45, 2.75) is 24.2 Å². The van der Waals surface area contributed by atoms with E-state index in [1.807, 2.05) is 0 Å². The van der Waals surface area contributed by atoms with Gasteiger partial charge in [0, 0.05) is 17.9 Å². The van der Waals surface area contributed by atoms with Gasteiger partial charge in [-0.05, 0) is 18.1 Å². The number of hydrogen-bond acceptors (Lipinski definition) is 4. The minimum Gasteiger partial charge on any atom is -0.370 e. The third kappa shape index (κ3) is 2.84. The Labute approximate surface area is 111 Å². The van der Waals surface area contributed by atoms with E-state index in [0.717, 1.165) is 5.56 Å². The van der Waals surface area contributed by atoms with Crippen LogP contribution < -0.4 is 10.6 Å². The van der Waals surface area contributed by atoms with Crippen molar-refractivity contribution in [1.29, 1.82) is 0 Å². The molecule has 18 heavy (non-hydrogen) atoms. The highest BCUT2D eigenvalue weighted by molar-refractivity contribution is 9.08. The summed E-state index contributed by atoms with van der Waals surface area (Å²) in [7, 11) is 0. The minimum absolute atomic E-state index is 0.168. The molecule has 0 bridgehead atoms. The highest BCUT2D eigenvalue weighted by Crippen LogP contribution is 2.18. The van der Waals surface area contributed by atoms with Crippen molar-refractivity contribution >= 4 is 33.4 Å². The fourth-order valence-corrected chi connectivity index (χ4v) is 1.99. The zero-order valence-corrected chi connectivity index (χ0v) is 11.0. The zero-order valence-electron chi connectivity index (χ0n) is 9.37. The molecule has 0 saturated carbocycles. The predicted molar refractivity (Wildman–Crippen MR) is 66.6 cm³/mol. The smallest absolute Gasteiger partial charge is 0.249 e. The largest absolute Gasteiger partial charge is 0.370 e. The first-order chi connectivity index (χ1) is 8.60. The van der Waals surface area contributed by atoms with E-state index in [1.165, 1.54) is 6.20 Å². The van der Waals surface area contributed by atoms with Crippen molar-refractivity contribution in [1.82, 2.24) is 10.3 Å². The number of pyridine rings is 1. The van der Waals surface area contributed by atoms with Crippen LogP contribution in [0.25, 0.3) is 0 Å². The maximum Gasteiger partial charge on any atom is 0.249 e. The minimum atomic E-state index is -0.663. The molecular formula is C11H11BrFN3O2. The lowest BCUT2D eigenvalue weighted by molar-refractivity contribution is -0.133. The van der Waals surface area contributed by atoms with Crippen LogP contribution >= 0.6 is 15.9 Å². The van der Waals surface area contributed by atoms with Crippen LogP contribution in [0.3, 0.4) is 0 Å². The van der Waals surface area contributed by atoms with Crippen LogP contribution in [0.1, 0.15) is 18.4 Å². The molecule has 0 aromatic carbocycles. The quantitative estimate of drug-likeness (QED) is 0.501. The van der Waals surface area contributed by atoms with E-state index in [1.54, 1.807) is 6.07 Å². The van der Waals surface area contributed by atoms with Crippen molar-refractivity contribution in [3.63, 3.8) is 0 Å². The number of amides is 2. The zero-order chi connectivity index (χ0) is 13.1. The molecular weight excluding hydrogens is 305 g/mol. The number of nitrogens with one attached hydrogen (secondary N) is 2. The molecule has 2 rings (SSSR count). The fraction of sp³-hybridized carbons (Fsp3) is 0.364. The van der Waals surface area contributed by atoms with Crippen molar-refractivity contribution < 1.29 is 14.0 Å². The third-order valence-corrected chi connectivity index (χ3v) is 3.27. The number of anilines is 1. The Balaban J connectivity index is 2.13. The van der Waals surface area contributed by atoms with E-state index in [9.17, 15) is 14.0 Å². The lowest BCUT2D eigenvalue weighted by atomic mass is 10.1. The lowest BCUT2D eigenvalue weighted by Crippen LogP contribution is -2.47. The number of carbonyl (C=O) groups is 2. The number of piperidine rings is 1. The van der Waals surface area contributed by atoms with Crippen molar-refractivity contribution in [3.05, 3.63) is 23.8 Å². The summed E-state index contributed by atoms with van der Waals surface area (Å²) in [6.07, 6.45) is 2.01. The Morgan fingerprint density at radius 2 is 2.33 bits per heavy atom. The molecule has 0 radical (unpaired) electrons. The fourth-order valence-electron chi connectivity index (χ4n) is 1.68. The Kier molecular flexibility index (Phi) is 3.90. The molecule has 2 heterocycles. The van der Waals surface area contributed by atoms with Gasteiger partial charge in [-0.2, -0.15) is 4.39 Å². The maximum absolute atomic E-state index is 13.5. The summed E-state index contributed by atoms with van der Waals surface area (Å²) in [5.41, 5.74) is 0.965. The average molecular weight is 316 g/mol. The molecule has 1 aliphatic rings. The highest BCUT2D eigenvalue weighted by Gasteiger charge is 2.27. The predicted octanol–water partition coefficient (Wildman–Crippen LogP) is 1.33. The van der Waals surface area contributed by atoms with Crippen LogP contribution in [-0.4, -0.2) is 22.8 Å². The second kappa shape index (κ2) is 5.43. The number of nitrogens with zero attached hydrogens (tertiary/aromatic N) is 1. The molecule has 1 aromatic heterocycles. The van der Waals surface area contributed by atoms with Gasteiger partial charge >= 0.3 is 0 Å². The highest BCUT2D eigenvalue weighted by atomic mass is 79.9. The number of alkyl halides is 1. The number of aromatic nitrogens is 1. The molecule has 1 saturated heterocycles. The van der Waals surface area contributed by atoms with Gasteiger partial charge in [0.1, 0.15) is 6.04 Å². The number of halogens is 2. The molecule has 1 aliphatic heterocycles. The summed E-state index contributed by atoms with van der Waals surface area (Å²) in [6, 6.07) is 0.977. The van der Waals surface area contributed by atoms with Gasteiger partial charge < -0.3 is 5.32 Å². The molecule has 0 spiro atoms. The Morgan fingerprint density at radius 3 is 3.00 bits per heavy atom. The summed E-state index contributed by atoms with van der Waals surface area (Å²) in [6.45, 7) is 0. The molecule has 1 atom stereocenters. The summed E-state index contributed by atoms with van der Waals surface area (Å²) in [5.74, 6) is -1.40. The van der Waals surface area contributed by atoms with Gasteiger partial charge in [0.25, 0.3) is 0 Å². The van der Waals surface area contributed by atoms with E-state index < -0.39 is 17.9 Å². The van der Waals surface area contributed by atoms with Gasteiger partial charge in [-0.1, -0.05) is 15.9 Å². The Morgan fingerprint density at radius 1 is 1.56 bits per heavy atom. The van der Waals surface area contributed by atoms with Gasteiger partial charge in [-0.25, -0.2) is 4.98 Å². The van der Waals surface area contributed by atoms with Crippen LogP contribution in [0.4, 0.5) is 10.1 Å². The molecule has 5 nitrogen and oxygen atoms in total. The first-order valence-corrected chi connectivity index (χ1v) is 6.53. The molecule has 1 aromatic rings. The topological polar surface area (TPSA) is 71.1 Å². The monoisotopic (exact) mass is 315 g/mol. The van der Waals surface area contributed by atoms with Crippen LogP contribution in [-0.2, 0) is 14.9 Å². The molecule has 96 valence electrons. The lowest BCUT2D eigenvalue weighted by Gasteiger charge is -2.22. The second-order valence-electron chi connectivity index (χ2n) is 3.96. The Bertz CT molecular complexity index is 495. The number of imide groups is 1. The van der Waals surface area contributed by atoms with Crippen LogP contribution in [0.2, 0.25) is 0 Å². The van der Waals surface area contributed by atoms with Crippen LogP contribution in [0.5, 0.6) is 0 Å². The maximum atomic E-state index is 13.5. The first kappa shape index (κ1) is 12.9. The second-order valence-corrected chi connectivity index (χ2v) is 4.52. The standard InChI is InChI=1S/C11H11BrFN3O2/c12-4-6-3-8(10(13)14-5-6)15-7-1-2-9(17)16-11(7)18/h3,5,7,15H,1-2,4H2,(H,16,17,18). The number of hydrogen-bond donors (Lipinski definition) is 2. The van der Waals surface area contributed by atoms with Gasteiger partial charge in [0.15, 0.2) is 0 Å².